The Morgan fingerprint density at radius 3 is 2.64 bits per heavy atom. The summed E-state index contributed by atoms with van der Waals surface area (Å²) >= 11 is 6.55. The third kappa shape index (κ3) is 7.20. The van der Waals surface area contributed by atoms with Crippen LogP contribution in [0.4, 0.5) is 20.3 Å². The van der Waals surface area contributed by atoms with Crippen LogP contribution in [0.5, 0.6) is 5.75 Å². The van der Waals surface area contributed by atoms with Gasteiger partial charge in [-0.2, -0.15) is 9.65 Å². The van der Waals surface area contributed by atoms with Gasteiger partial charge in [0, 0.05) is 56.9 Å². The highest BCUT2D eigenvalue weighted by Gasteiger charge is 2.25. The number of halogens is 4. The molecule has 232 valence electrons. The van der Waals surface area contributed by atoms with Crippen molar-refractivity contribution in [2.75, 3.05) is 72.3 Å². The second-order valence-corrected chi connectivity index (χ2v) is 11.5. The smallest absolute Gasteiger partial charge is 0.255 e. The molecule has 0 saturated carbocycles. The number of carbonyl (C=O) groups is 1. The van der Waals surface area contributed by atoms with Crippen molar-refractivity contribution in [3.8, 4) is 23.1 Å². The van der Waals surface area contributed by atoms with Gasteiger partial charge in [-0.15, -0.1) is 0 Å². The Labute approximate surface area is 276 Å². The molecule has 1 aliphatic heterocycles. The SMILES string of the molecule is CN(CCN1CC[N+](C)(C)CC1)C(=O)c1ccc(Nc2nccn3c(-c4ccc(OCC#N)c(F)c4F)cnc23)cc1Cl.[I-]. The fraction of sp³-hybridized carbons (Fsp3) is 0.333. The highest BCUT2D eigenvalue weighted by molar-refractivity contribution is 6.34. The molecule has 1 N–H and O–H groups in total. The number of ether oxygens (including phenoxy) is 1. The number of quaternary nitrogens is 1. The van der Waals surface area contributed by atoms with Crippen molar-refractivity contribution in [3.05, 3.63) is 71.1 Å². The molecule has 0 atom stereocenters. The van der Waals surface area contributed by atoms with E-state index in [1.165, 1.54) is 24.5 Å². The number of hydrogen-bond acceptors (Lipinski definition) is 7. The Bertz CT molecular complexity index is 1700. The van der Waals surface area contributed by atoms with Crippen molar-refractivity contribution < 1.29 is 46.8 Å². The van der Waals surface area contributed by atoms with Gasteiger partial charge in [0.05, 0.1) is 49.7 Å². The van der Waals surface area contributed by atoms with Gasteiger partial charge in [-0.05, 0) is 30.3 Å². The Hall–Kier alpha value is -3.58. The second-order valence-electron chi connectivity index (χ2n) is 11.1. The van der Waals surface area contributed by atoms with Crippen LogP contribution in [0, 0.1) is 23.0 Å². The average molecular weight is 737 g/mol. The molecule has 0 bridgehead atoms. The molecule has 4 aromatic rings. The number of rotatable bonds is 9. The molecule has 2 aromatic heterocycles. The minimum atomic E-state index is -1.19. The van der Waals surface area contributed by atoms with E-state index in [1.807, 2.05) is 0 Å². The Morgan fingerprint density at radius 1 is 1.18 bits per heavy atom. The first-order valence-corrected chi connectivity index (χ1v) is 14.1. The number of likely N-dealkylation sites (N-methyl/N-ethyl adjacent to an activating group) is 2. The van der Waals surface area contributed by atoms with E-state index >= 15 is 0 Å². The van der Waals surface area contributed by atoms with E-state index in [-0.39, 0.29) is 51.9 Å². The molecular formula is C30H32ClF2IN8O2. The van der Waals surface area contributed by atoms with Gasteiger partial charge in [-0.3, -0.25) is 14.1 Å². The highest BCUT2D eigenvalue weighted by atomic mass is 127. The number of amides is 1. The van der Waals surface area contributed by atoms with Gasteiger partial charge in [0.15, 0.2) is 29.6 Å². The lowest BCUT2D eigenvalue weighted by molar-refractivity contribution is -0.894. The van der Waals surface area contributed by atoms with Crippen molar-refractivity contribution in [1.82, 2.24) is 24.2 Å². The van der Waals surface area contributed by atoms with Gasteiger partial charge in [0.2, 0.25) is 5.82 Å². The van der Waals surface area contributed by atoms with Crippen molar-refractivity contribution in [2.24, 2.45) is 0 Å². The van der Waals surface area contributed by atoms with Crippen LogP contribution in [0.1, 0.15) is 10.4 Å². The van der Waals surface area contributed by atoms with Crippen LogP contribution in [-0.2, 0) is 0 Å². The maximum Gasteiger partial charge on any atom is 0.255 e. The normalized spacial score (nSPS) is 14.5. The summed E-state index contributed by atoms with van der Waals surface area (Å²) in [7, 11) is 6.24. The Balaban J connectivity index is 0.00000442. The first-order chi connectivity index (χ1) is 20.6. The summed E-state index contributed by atoms with van der Waals surface area (Å²) in [6.07, 6.45) is 4.48. The zero-order valence-corrected chi connectivity index (χ0v) is 27.4. The summed E-state index contributed by atoms with van der Waals surface area (Å²) in [6, 6.07) is 9.37. The number of hydrogen-bond donors (Lipinski definition) is 1. The summed E-state index contributed by atoms with van der Waals surface area (Å²) in [6.45, 7) is 5.18. The number of fused-ring (bicyclic) bond motifs is 1. The molecule has 5 rings (SSSR count). The summed E-state index contributed by atoms with van der Waals surface area (Å²) < 4.78 is 37.0. The van der Waals surface area contributed by atoms with Gasteiger partial charge in [0.25, 0.3) is 5.91 Å². The first kappa shape index (κ1) is 33.3. The summed E-state index contributed by atoms with van der Waals surface area (Å²) in [4.78, 5) is 25.9. The lowest BCUT2D eigenvalue weighted by Gasteiger charge is -2.39. The fourth-order valence-electron chi connectivity index (χ4n) is 4.93. The molecule has 0 spiro atoms. The monoisotopic (exact) mass is 736 g/mol. The number of imidazole rings is 1. The maximum absolute atomic E-state index is 14.9. The van der Waals surface area contributed by atoms with Gasteiger partial charge in [-0.1, -0.05) is 11.6 Å². The van der Waals surface area contributed by atoms with E-state index in [1.54, 1.807) is 46.8 Å². The third-order valence-electron chi connectivity index (χ3n) is 7.65. The zero-order chi connectivity index (χ0) is 30.7. The van der Waals surface area contributed by atoms with Crippen LogP contribution >= 0.6 is 11.6 Å². The van der Waals surface area contributed by atoms with Crippen molar-refractivity contribution in [1.29, 1.82) is 5.26 Å². The molecule has 44 heavy (non-hydrogen) atoms. The number of carbonyl (C=O) groups excluding carboxylic acids is 1. The number of nitrogens with one attached hydrogen (secondary N) is 1. The van der Waals surface area contributed by atoms with E-state index in [0.29, 0.717) is 29.3 Å². The predicted octanol–water partition coefficient (Wildman–Crippen LogP) is 1.44. The first-order valence-electron chi connectivity index (χ1n) is 13.7. The molecule has 1 fully saturated rings. The number of nitriles is 1. The van der Waals surface area contributed by atoms with Crippen LogP contribution in [0.3, 0.4) is 0 Å². The number of aromatic nitrogens is 3. The van der Waals surface area contributed by atoms with Crippen LogP contribution < -0.4 is 34.0 Å². The lowest BCUT2D eigenvalue weighted by Crippen LogP contribution is -3.00. The van der Waals surface area contributed by atoms with Crippen LogP contribution in [-0.4, -0.2) is 102 Å². The third-order valence-corrected chi connectivity index (χ3v) is 7.96. The summed E-state index contributed by atoms with van der Waals surface area (Å²) in [5.74, 6) is -2.49. The average Bonchev–Trinajstić information content (AvgIpc) is 3.42. The van der Waals surface area contributed by atoms with Crippen LogP contribution in [0.25, 0.3) is 16.9 Å². The van der Waals surface area contributed by atoms with Crippen LogP contribution in [0.2, 0.25) is 5.02 Å². The molecule has 0 aliphatic carbocycles. The molecule has 1 aliphatic rings. The predicted molar refractivity (Wildman–Crippen MR) is 159 cm³/mol. The number of anilines is 2. The zero-order valence-electron chi connectivity index (χ0n) is 24.5. The van der Waals surface area contributed by atoms with E-state index in [0.717, 1.165) is 37.2 Å². The Morgan fingerprint density at radius 2 is 1.93 bits per heavy atom. The standard InChI is InChI=1S/C30H31ClF2N8O2.HI/c1-38(11-12-39-13-15-41(2,3)16-14-39)30(42)21-5-4-20(18-23(21)31)37-28-29-36-19-24(40(29)10-9-35-28)22-6-7-25(43-17-8-34)27(33)26(22)32;/h4-7,9-10,18-19H,11-17H2,1-3H3;1H. The fourth-order valence-corrected chi connectivity index (χ4v) is 5.19. The topological polar surface area (TPSA) is 98.8 Å². The Kier molecular flexibility index (Phi) is 10.6. The van der Waals surface area contributed by atoms with Crippen LogP contribution in [0.15, 0.2) is 48.9 Å². The van der Waals surface area contributed by atoms with Crippen molar-refractivity contribution in [2.45, 2.75) is 0 Å². The molecule has 0 radical (unpaired) electrons. The summed E-state index contributed by atoms with van der Waals surface area (Å²) in [5.41, 5.74) is 1.57. The van der Waals surface area contributed by atoms with Gasteiger partial charge < -0.3 is 43.4 Å². The molecule has 1 amide bonds. The molecule has 14 heteroatoms. The maximum atomic E-state index is 14.9. The van der Waals surface area contributed by atoms with E-state index < -0.39 is 18.2 Å². The summed E-state index contributed by atoms with van der Waals surface area (Å²) in [5, 5.41) is 12.1. The molecule has 2 aromatic carbocycles. The minimum Gasteiger partial charge on any atom is -1.00 e. The minimum absolute atomic E-state index is 0. The lowest BCUT2D eigenvalue weighted by atomic mass is 10.1. The van der Waals surface area contributed by atoms with Gasteiger partial charge >= 0.3 is 0 Å². The van der Waals surface area contributed by atoms with Gasteiger partial charge in [-0.25, -0.2) is 14.4 Å². The molecular weight excluding hydrogens is 705 g/mol. The molecule has 3 heterocycles. The molecule has 1 saturated heterocycles. The van der Waals surface area contributed by atoms with Crippen molar-refractivity contribution >= 4 is 34.7 Å². The van der Waals surface area contributed by atoms with E-state index in [4.69, 9.17) is 21.6 Å². The quantitative estimate of drug-likeness (QED) is 0.205. The number of piperazine rings is 1. The molecule has 0 unspecified atom stereocenters. The van der Waals surface area contributed by atoms with E-state index in [9.17, 15) is 13.6 Å². The van der Waals surface area contributed by atoms with Gasteiger partial charge in [0.1, 0.15) is 6.07 Å². The second kappa shape index (κ2) is 14.0. The molecule has 10 nitrogen and oxygen atoms in total. The van der Waals surface area contributed by atoms with Crippen molar-refractivity contribution in [3.63, 3.8) is 0 Å². The van der Waals surface area contributed by atoms with E-state index in [2.05, 4.69) is 34.3 Å². The number of nitrogens with zero attached hydrogens (tertiary/aromatic N) is 7. The highest BCUT2D eigenvalue weighted by Crippen LogP contribution is 2.32. The number of benzene rings is 2. The largest absolute Gasteiger partial charge is 1.00 e.